The summed E-state index contributed by atoms with van der Waals surface area (Å²) in [5, 5.41) is 37.0. The van der Waals surface area contributed by atoms with Gasteiger partial charge in [-0.3, -0.25) is 18.6 Å². The zero-order valence-corrected chi connectivity index (χ0v) is 33.7. The maximum Gasteiger partial charge on any atom is 0.473 e. The molecule has 0 aliphatic rings. The fourth-order valence-corrected chi connectivity index (χ4v) is 8.43. The van der Waals surface area contributed by atoms with E-state index in [1.807, 2.05) is 55.5 Å². The highest BCUT2D eigenvalue weighted by atomic mass is 31.2. The van der Waals surface area contributed by atoms with Crippen LogP contribution in [0.4, 0.5) is 0 Å². The van der Waals surface area contributed by atoms with E-state index in [9.17, 15) is 34.4 Å². The minimum absolute atomic E-state index is 0.209. The summed E-state index contributed by atoms with van der Waals surface area (Å²) in [7, 11) is -5.06. The van der Waals surface area contributed by atoms with Crippen LogP contribution in [0.2, 0.25) is 0 Å². The molecule has 4 aromatic carbocycles. The van der Waals surface area contributed by atoms with Crippen molar-refractivity contribution in [2.24, 2.45) is 0 Å². The highest BCUT2D eigenvalue weighted by Crippen LogP contribution is 2.47. The number of carbonyl (C=O) groups is 2. The molecule has 0 saturated carbocycles. The number of esters is 1. The summed E-state index contributed by atoms with van der Waals surface area (Å²) in [6, 6.07) is 18.0. The van der Waals surface area contributed by atoms with E-state index in [0.29, 0.717) is 24.8 Å². The minimum atomic E-state index is -5.06. The molecule has 10 nitrogen and oxygen atoms in total. The van der Waals surface area contributed by atoms with Crippen LogP contribution >= 0.6 is 7.82 Å². The largest absolute Gasteiger partial charge is 0.473 e. The molecule has 0 heterocycles. The number of Topliss-reactive ketones (excluding diaryl/α,β-unsaturated/α-hetero) is 1. The molecule has 4 unspecified atom stereocenters. The van der Waals surface area contributed by atoms with Crippen LogP contribution in [0.1, 0.15) is 134 Å². The molecule has 4 rings (SSSR count). The number of hydrogen-bond donors (Lipinski definition) is 4. The maximum atomic E-state index is 14.2. The van der Waals surface area contributed by atoms with Crippen molar-refractivity contribution in [1.29, 1.82) is 0 Å². The molecular formula is C44H63O10P. The summed E-state index contributed by atoms with van der Waals surface area (Å²) >= 11 is 0. The third-order valence-electron chi connectivity index (χ3n) is 10.5. The van der Waals surface area contributed by atoms with E-state index in [1.165, 1.54) is 57.8 Å². The predicted octanol–water partition coefficient (Wildman–Crippen LogP) is 9.67. The molecule has 304 valence electrons. The van der Waals surface area contributed by atoms with Gasteiger partial charge in [0.05, 0.1) is 13.2 Å². The number of ether oxygens (including phenoxy) is 1. The molecule has 55 heavy (non-hydrogen) atoms. The quantitative estimate of drug-likeness (QED) is 0.0181. The highest BCUT2D eigenvalue weighted by Gasteiger charge is 2.40. The van der Waals surface area contributed by atoms with E-state index in [0.717, 1.165) is 58.0 Å². The van der Waals surface area contributed by atoms with Gasteiger partial charge in [0, 0.05) is 12.3 Å². The molecule has 11 heteroatoms. The van der Waals surface area contributed by atoms with Crippen LogP contribution in [-0.4, -0.2) is 70.1 Å². The van der Waals surface area contributed by atoms with Gasteiger partial charge in [0.2, 0.25) is 0 Å². The van der Waals surface area contributed by atoms with Gasteiger partial charge in [-0.05, 0) is 50.7 Å². The maximum absolute atomic E-state index is 14.2. The van der Waals surface area contributed by atoms with Crippen LogP contribution in [-0.2, 0) is 27.9 Å². The second kappa shape index (κ2) is 23.3. The summed E-state index contributed by atoms with van der Waals surface area (Å²) in [4.78, 5) is 37.1. The van der Waals surface area contributed by atoms with Crippen molar-refractivity contribution >= 4 is 51.9 Å². The lowest BCUT2D eigenvalue weighted by Gasteiger charge is -2.28. The van der Waals surface area contributed by atoms with Crippen molar-refractivity contribution in [3.05, 3.63) is 60.2 Å². The number of ketones is 1. The van der Waals surface area contributed by atoms with E-state index in [2.05, 4.69) is 13.0 Å². The van der Waals surface area contributed by atoms with E-state index >= 15 is 0 Å². The molecule has 4 N–H and O–H groups in total. The Kier molecular flexibility index (Phi) is 19.0. The van der Waals surface area contributed by atoms with Crippen LogP contribution in [0.25, 0.3) is 32.3 Å². The van der Waals surface area contributed by atoms with Crippen LogP contribution in [0.15, 0.2) is 54.6 Å². The molecule has 0 saturated heterocycles. The number of aliphatic hydroxyl groups is 3. The summed E-state index contributed by atoms with van der Waals surface area (Å²) in [5.74, 6) is -1.99. The number of rotatable bonds is 29. The molecule has 0 bridgehead atoms. The average molecular weight is 783 g/mol. The number of aliphatic hydroxyl groups excluding tert-OH is 3. The Balaban J connectivity index is 1.27. The highest BCUT2D eigenvalue weighted by molar-refractivity contribution is 7.47. The number of benzene rings is 4. The second-order valence-corrected chi connectivity index (χ2v) is 16.4. The SMILES string of the molecule is CCCCCCCCCCCCCCCC(=O)OC[C@@H](O)COP(=O)(O)OC(C(=O)C(CCCC)c1ccc2ccc3cccc4ccc1c2c34)C(O)CO. The predicted molar refractivity (Wildman–Crippen MR) is 218 cm³/mol. The van der Waals surface area contributed by atoms with E-state index in [4.69, 9.17) is 13.8 Å². The Labute approximate surface area is 326 Å². The molecule has 0 aromatic heterocycles. The standard InChI is InChI=1S/C44H63O10P/c1-3-5-7-8-9-10-11-12-13-14-15-16-17-22-40(48)52-30-35(46)31-53-55(50,51)54-44(39(47)29-45)43(49)38(21-6-4-2)36-27-25-34-24-23-32-19-18-20-33-26-28-37(36)42(34)41(32)33/h18-20,23-28,35,38-39,44-47H,3-17,21-22,29-31H2,1-2H3,(H,50,51)/t35-,38?,39?,44?/m1/s1. The van der Waals surface area contributed by atoms with Crippen molar-refractivity contribution in [3.63, 3.8) is 0 Å². The van der Waals surface area contributed by atoms with Crippen molar-refractivity contribution in [3.8, 4) is 0 Å². The first-order valence-electron chi connectivity index (χ1n) is 20.6. The first-order valence-corrected chi connectivity index (χ1v) is 22.1. The smallest absolute Gasteiger partial charge is 0.463 e. The lowest BCUT2D eigenvalue weighted by Crippen LogP contribution is -2.41. The van der Waals surface area contributed by atoms with Gasteiger partial charge in [0.15, 0.2) is 11.9 Å². The lowest BCUT2D eigenvalue weighted by molar-refractivity contribution is -0.147. The van der Waals surface area contributed by atoms with Gasteiger partial charge in [0.1, 0.15) is 18.8 Å². The summed E-state index contributed by atoms with van der Waals surface area (Å²) in [5.41, 5.74) is 0.688. The summed E-state index contributed by atoms with van der Waals surface area (Å²) in [6.45, 7) is 2.13. The monoisotopic (exact) mass is 782 g/mol. The van der Waals surface area contributed by atoms with Gasteiger partial charge >= 0.3 is 13.8 Å². The fraction of sp³-hybridized carbons (Fsp3) is 0.591. The molecule has 0 fully saturated rings. The summed E-state index contributed by atoms with van der Waals surface area (Å²) in [6.07, 6.45) is 12.3. The molecule has 0 aliphatic heterocycles. The van der Waals surface area contributed by atoms with Crippen LogP contribution < -0.4 is 0 Å². The third-order valence-corrected chi connectivity index (χ3v) is 11.5. The van der Waals surface area contributed by atoms with Crippen molar-refractivity contribution in [2.75, 3.05) is 19.8 Å². The zero-order chi connectivity index (χ0) is 39.6. The molecule has 4 aromatic rings. The van der Waals surface area contributed by atoms with E-state index in [-0.39, 0.29) is 6.42 Å². The van der Waals surface area contributed by atoms with Crippen molar-refractivity contribution in [2.45, 2.75) is 147 Å². The Morgan fingerprint density at radius 2 is 1.24 bits per heavy atom. The van der Waals surface area contributed by atoms with Crippen LogP contribution in [0.5, 0.6) is 0 Å². The van der Waals surface area contributed by atoms with Crippen LogP contribution in [0.3, 0.4) is 0 Å². The average Bonchev–Trinajstić information content (AvgIpc) is 3.19. The molecule has 0 amide bonds. The normalized spacial score (nSPS) is 15.3. The van der Waals surface area contributed by atoms with E-state index < -0.39 is 63.6 Å². The van der Waals surface area contributed by atoms with Gasteiger partial charge in [0.25, 0.3) is 0 Å². The third kappa shape index (κ3) is 13.6. The number of unbranched alkanes of at least 4 members (excludes halogenated alkanes) is 13. The number of phosphoric ester groups is 1. The topological polar surface area (TPSA) is 160 Å². The number of hydrogen-bond acceptors (Lipinski definition) is 9. The fourth-order valence-electron chi connectivity index (χ4n) is 7.48. The van der Waals surface area contributed by atoms with Gasteiger partial charge in [-0.2, -0.15) is 0 Å². The van der Waals surface area contributed by atoms with Crippen LogP contribution in [0, 0.1) is 0 Å². The van der Waals surface area contributed by atoms with Gasteiger partial charge in [-0.25, -0.2) is 4.57 Å². The first kappa shape index (κ1) is 44.8. The van der Waals surface area contributed by atoms with Gasteiger partial charge in [-0.1, -0.05) is 158 Å². The number of carbonyl (C=O) groups excluding carboxylic acids is 2. The van der Waals surface area contributed by atoms with Crippen molar-refractivity contribution in [1.82, 2.24) is 0 Å². The molecule has 5 atom stereocenters. The Hall–Kier alpha value is -2.95. The molecule has 0 spiro atoms. The molecule has 0 aliphatic carbocycles. The lowest BCUT2D eigenvalue weighted by atomic mass is 9.82. The van der Waals surface area contributed by atoms with Gasteiger partial charge < -0.3 is 24.9 Å². The second-order valence-electron chi connectivity index (χ2n) is 15.0. The Bertz CT molecular complexity index is 1780. The zero-order valence-electron chi connectivity index (χ0n) is 32.8. The first-order chi connectivity index (χ1) is 26.6. The summed E-state index contributed by atoms with van der Waals surface area (Å²) < 4.78 is 28.5. The number of phosphoric acid groups is 1. The molecular weight excluding hydrogens is 719 g/mol. The van der Waals surface area contributed by atoms with E-state index in [1.54, 1.807) is 0 Å². The Morgan fingerprint density at radius 3 is 1.84 bits per heavy atom. The molecule has 0 radical (unpaired) electrons. The Morgan fingerprint density at radius 1 is 0.691 bits per heavy atom. The van der Waals surface area contributed by atoms with Crippen molar-refractivity contribution < 1.29 is 48.2 Å². The minimum Gasteiger partial charge on any atom is -0.463 e. The van der Waals surface area contributed by atoms with Gasteiger partial charge in [-0.15, -0.1) is 0 Å².